The predicted molar refractivity (Wildman–Crippen MR) is 120 cm³/mol. The van der Waals surface area contributed by atoms with Gasteiger partial charge in [0, 0.05) is 16.7 Å². The van der Waals surface area contributed by atoms with Crippen LogP contribution in [-0.2, 0) is 28.6 Å². The van der Waals surface area contributed by atoms with Gasteiger partial charge >= 0.3 is 17.9 Å². The van der Waals surface area contributed by atoms with Gasteiger partial charge in [-0.25, -0.2) is 14.4 Å². The second-order valence-electron chi connectivity index (χ2n) is 8.96. The van der Waals surface area contributed by atoms with Gasteiger partial charge in [-0.3, -0.25) is 0 Å². The smallest absolute Gasteiger partial charge is 0.334 e. The summed E-state index contributed by atoms with van der Waals surface area (Å²) in [6, 6.07) is 0. The summed E-state index contributed by atoms with van der Waals surface area (Å²) in [6.07, 6.45) is -10.2. The molecule has 1 fully saturated rings. The fourth-order valence-electron chi connectivity index (χ4n) is 2.83. The maximum Gasteiger partial charge on any atom is 0.334 e. The Kier molecular flexibility index (Phi) is 10.0. The Morgan fingerprint density at radius 1 is 0.455 bits per heavy atom. The van der Waals surface area contributed by atoms with Gasteiger partial charge in [-0.05, 0) is 62.3 Å². The van der Waals surface area contributed by atoms with E-state index in [2.05, 4.69) is 0 Å². The normalized spacial score (nSPS) is 26.5. The summed E-state index contributed by atoms with van der Waals surface area (Å²) in [6.45, 7) is 14.7. The Labute approximate surface area is 194 Å². The predicted octanol–water partition coefficient (Wildman–Crippen LogP) is 1.89. The van der Waals surface area contributed by atoms with E-state index < -0.39 is 54.5 Å². The van der Waals surface area contributed by atoms with Gasteiger partial charge in [-0.1, -0.05) is 16.7 Å². The Hall–Kier alpha value is -2.49. The number of aliphatic hydroxyl groups is 3. The van der Waals surface area contributed by atoms with Gasteiger partial charge in [-0.15, -0.1) is 0 Å². The number of carbonyl (C=O) groups is 3. The van der Waals surface area contributed by atoms with Crippen molar-refractivity contribution in [1.82, 2.24) is 0 Å². The summed E-state index contributed by atoms with van der Waals surface area (Å²) in [7, 11) is 0. The maximum atomic E-state index is 12.6. The van der Waals surface area contributed by atoms with Crippen LogP contribution in [0.1, 0.15) is 62.3 Å². The largest absolute Gasteiger partial charge is 0.453 e. The van der Waals surface area contributed by atoms with Crippen molar-refractivity contribution in [3.05, 3.63) is 33.4 Å². The molecule has 0 amide bonds. The average Bonchev–Trinajstić information content (AvgIpc) is 2.74. The summed E-state index contributed by atoms with van der Waals surface area (Å²) in [5.41, 5.74) is 2.73. The monoisotopic (exact) mass is 468 g/mol. The molecule has 0 aromatic rings. The molecule has 0 saturated heterocycles. The lowest BCUT2D eigenvalue weighted by atomic mass is 9.84. The van der Waals surface area contributed by atoms with E-state index >= 15 is 0 Å². The van der Waals surface area contributed by atoms with Crippen molar-refractivity contribution < 1.29 is 43.9 Å². The first-order valence-electron chi connectivity index (χ1n) is 10.7. The number of allylic oxidation sites excluding steroid dienone is 3. The molecule has 9 heteroatoms. The maximum absolute atomic E-state index is 12.6. The molecule has 0 aromatic carbocycles. The number of aliphatic hydroxyl groups excluding tert-OH is 3. The second kappa shape index (κ2) is 11.6. The van der Waals surface area contributed by atoms with Crippen LogP contribution in [0.25, 0.3) is 0 Å². The molecular weight excluding hydrogens is 432 g/mol. The molecule has 6 atom stereocenters. The number of esters is 3. The lowest BCUT2D eigenvalue weighted by molar-refractivity contribution is -0.244. The molecule has 186 valence electrons. The van der Waals surface area contributed by atoms with Crippen LogP contribution in [0.3, 0.4) is 0 Å². The highest BCUT2D eigenvalue weighted by atomic mass is 16.6. The van der Waals surface area contributed by atoms with Gasteiger partial charge in [0.15, 0.2) is 18.3 Å². The van der Waals surface area contributed by atoms with Crippen molar-refractivity contribution in [2.75, 3.05) is 0 Å². The van der Waals surface area contributed by atoms with E-state index in [1.807, 2.05) is 0 Å². The summed E-state index contributed by atoms with van der Waals surface area (Å²) in [4.78, 5) is 37.5. The van der Waals surface area contributed by atoms with Crippen molar-refractivity contribution in [3.63, 3.8) is 0 Å². The summed E-state index contributed by atoms with van der Waals surface area (Å²) < 4.78 is 16.0. The number of hydrogen-bond acceptors (Lipinski definition) is 9. The molecular formula is C24H36O9. The fraction of sp³-hybridized carbons (Fsp3) is 0.625. The first-order chi connectivity index (χ1) is 15.1. The molecule has 0 spiro atoms. The van der Waals surface area contributed by atoms with Gasteiger partial charge in [0.05, 0.1) is 0 Å². The quantitative estimate of drug-likeness (QED) is 0.303. The third-order valence-electron chi connectivity index (χ3n) is 5.92. The minimum atomic E-state index is -1.81. The number of rotatable bonds is 6. The molecule has 33 heavy (non-hydrogen) atoms. The van der Waals surface area contributed by atoms with Crippen molar-refractivity contribution in [1.29, 1.82) is 0 Å². The third kappa shape index (κ3) is 6.75. The Bertz CT molecular complexity index is 868. The van der Waals surface area contributed by atoms with Crippen LogP contribution in [0, 0.1) is 0 Å². The SMILES string of the molecule is CC(C)=C(C)C(=O)O[C@@H]1[C@H](O)[C@@H](O)[C@@H](OC(=O)C(C)=C(C)C)[C@H](OC(=O)C(C)=C(C)C)[C@H]1O. The molecule has 0 aromatic heterocycles. The molecule has 0 bridgehead atoms. The van der Waals surface area contributed by atoms with Crippen molar-refractivity contribution in [2.24, 2.45) is 0 Å². The second-order valence-corrected chi connectivity index (χ2v) is 8.96. The van der Waals surface area contributed by atoms with Crippen molar-refractivity contribution in [2.45, 2.75) is 98.9 Å². The van der Waals surface area contributed by atoms with Crippen LogP contribution < -0.4 is 0 Å². The molecule has 0 unspecified atom stereocenters. The number of ether oxygens (including phenoxy) is 3. The van der Waals surface area contributed by atoms with Crippen molar-refractivity contribution in [3.8, 4) is 0 Å². The minimum absolute atomic E-state index is 0.252. The zero-order valence-electron chi connectivity index (χ0n) is 20.8. The molecule has 0 heterocycles. The third-order valence-corrected chi connectivity index (χ3v) is 5.92. The molecule has 1 aliphatic carbocycles. The van der Waals surface area contributed by atoms with E-state index in [9.17, 15) is 29.7 Å². The van der Waals surface area contributed by atoms with E-state index in [1.54, 1.807) is 41.5 Å². The highest BCUT2D eigenvalue weighted by Gasteiger charge is 2.55. The number of hydrogen-bond donors (Lipinski definition) is 3. The van der Waals surface area contributed by atoms with Gasteiger partial charge in [0.25, 0.3) is 0 Å². The highest BCUT2D eigenvalue weighted by Crippen LogP contribution is 2.30. The minimum Gasteiger partial charge on any atom is -0.453 e. The topological polar surface area (TPSA) is 140 Å². The fourth-order valence-corrected chi connectivity index (χ4v) is 2.83. The van der Waals surface area contributed by atoms with Crippen LogP contribution in [0.15, 0.2) is 33.4 Å². The zero-order chi connectivity index (χ0) is 25.8. The first-order valence-corrected chi connectivity index (χ1v) is 10.7. The summed E-state index contributed by atoms with van der Waals surface area (Å²) in [5.74, 6) is -2.44. The lowest BCUT2D eigenvalue weighted by Gasteiger charge is -2.44. The van der Waals surface area contributed by atoms with Crippen LogP contribution in [0.4, 0.5) is 0 Å². The molecule has 9 nitrogen and oxygen atoms in total. The van der Waals surface area contributed by atoms with Crippen LogP contribution in [0.2, 0.25) is 0 Å². The number of carbonyl (C=O) groups excluding carboxylic acids is 3. The zero-order valence-corrected chi connectivity index (χ0v) is 20.8. The Balaban J connectivity index is 3.39. The van der Waals surface area contributed by atoms with E-state index in [4.69, 9.17) is 14.2 Å². The van der Waals surface area contributed by atoms with Gasteiger partial charge in [0.2, 0.25) is 0 Å². The van der Waals surface area contributed by atoms with E-state index in [1.165, 1.54) is 20.8 Å². The van der Waals surface area contributed by atoms with E-state index in [0.29, 0.717) is 16.7 Å². The van der Waals surface area contributed by atoms with Crippen LogP contribution in [0.5, 0.6) is 0 Å². The van der Waals surface area contributed by atoms with E-state index in [0.717, 1.165) is 0 Å². The Morgan fingerprint density at radius 2 is 0.697 bits per heavy atom. The average molecular weight is 469 g/mol. The lowest BCUT2D eigenvalue weighted by Crippen LogP contribution is -2.66. The summed E-state index contributed by atoms with van der Waals surface area (Å²) >= 11 is 0. The molecule has 0 aliphatic heterocycles. The van der Waals surface area contributed by atoms with Crippen LogP contribution in [-0.4, -0.2) is 69.9 Å². The molecule has 3 N–H and O–H groups in total. The molecule has 1 rings (SSSR count). The van der Waals surface area contributed by atoms with E-state index in [-0.39, 0.29) is 16.7 Å². The van der Waals surface area contributed by atoms with Gasteiger partial charge < -0.3 is 29.5 Å². The first kappa shape index (κ1) is 28.5. The Morgan fingerprint density at radius 3 is 1.00 bits per heavy atom. The standard InChI is InChI=1S/C24H36O9/c1-10(2)13(7)22(28)31-19-16(25)17(26)20(32-23(29)14(8)11(3)4)21(18(19)27)33-24(30)15(9)12(5)6/h16-21,25-27H,1-9H3/t16-,17-,18+,19-,20-,21-/m1/s1. The van der Waals surface area contributed by atoms with Crippen LogP contribution >= 0.6 is 0 Å². The summed E-state index contributed by atoms with van der Waals surface area (Å²) in [5, 5.41) is 32.3. The van der Waals surface area contributed by atoms with Gasteiger partial charge in [0.1, 0.15) is 18.3 Å². The molecule has 0 radical (unpaired) electrons. The molecule has 1 saturated carbocycles. The van der Waals surface area contributed by atoms with Crippen molar-refractivity contribution >= 4 is 17.9 Å². The highest BCUT2D eigenvalue weighted by molar-refractivity contribution is 5.90. The van der Waals surface area contributed by atoms with Gasteiger partial charge in [-0.2, -0.15) is 0 Å². The molecule has 1 aliphatic rings.